The number of hydrogen-bond donors (Lipinski definition) is 2. The molecule has 15 heavy (non-hydrogen) atoms. The molecule has 0 heterocycles. The molecule has 0 radical (unpaired) electrons. The van der Waals surface area contributed by atoms with Gasteiger partial charge in [-0.3, -0.25) is 4.79 Å². The van der Waals surface area contributed by atoms with Gasteiger partial charge in [0, 0.05) is 13.0 Å². The summed E-state index contributed by atoms with van der Waals surface area (Å²) in [5.74, 6) is 0.375. The van der Waals surface area contributed by atoms with Gasteiger partial charge in [-0.05, 0) is 18.9 Å². The van der Waals surface area contributed by atoms with Gasteiger partial charge in [0.15, 0.2) is 0 Å². The molecule has 4 heteroatoms. The average molecular weight is 214 g/mol. The lowest BCUT2D eigenvalue weighted by Gasteiger charge is -2.11. The van der Waals surface area contributed by atoms with Crippen LogP contribution in [0.15, 0.2) is 12.8 Å². The third-order valence-electron chi connectivity index (χ3n) is 2.26. The maximum atomic E-state index is 11.4. The summed E-state index contributed by atoms with van der Waals surface area (Å²) in [5.41, 5.74) is 5.51. The van der Waals surface area contributed by atoms with Crippen molar-refractivity contribution in [3.63, 3.8) is 0 Å². The van der Waals surface area contributed by atoms with Gasteiger partial charge in [-0.2, -0.15) is 0 Å². The van der Waals surface area contributed by atoms with Crippen LogP contribution in [0.25, 0.3) is 0 Å². The maximum absolute atomic E-state index is 11.4. The number of hydrogen-bond acceptors (Lipinski definition) is 3. The van der Waals surface area contributed by atoms with E-state index in [1.807, 2.05) is 6.92 Å². The van der Waals surface area contributed by atoms with Crippen molar-refractivity contribution in [3.05, 3.63) is 12.8 Å². The number of amides is 1. The van der Waals surface area contributed by atoms with E-state index in [9.17, 15) is 4.79 Å². The minimum absolute atomic E-state index is 0.0749. The Hall–Kier alpha value is -1.03. The fraction of sp³-hybridized carbons (Fsp3) is 0.727. The standard InChI is InChI=1S/C11H22N2O2/c1-3-10(9-12)8-11(14)13-6-5-7-15-4-2/h4,10H,2-3,5-9,12H2,1H3,(H,13,14). The first-order valence-electron chi connectivity index (χ1n) is 5.43. The highest BCUT2D eigenvalue weighted by Gasteiger charge is 2.09. The Kier molecular flexibility index (Phi) is 8.87. The zero-order chi connectivity index (χ0) is 11.5. The van der Waals surface area contributed by atoms with E-state index >= 15 is 0 Å². The van der Waals surface area contributed by atoms with Gasteiger partial charge in [-0.15, -0.1) is 0 Å². The Morgan fingerprint density at radius 2 is 2.40 bits per heavy atom. The van der Waals surface area contributed by atoms with Crippen molar-refractivity contribution < 1.29 is 9.53 Å². The average Bonchev–Trinajstić information content (AvgIpc) is 2.25. The largest absolute Gasteiger partial charge is 0.502 e. The van der Waals surface area contributed by atoms with E-state index in [1.165, 1.54) is 6.26 Å². The Morgan fingerprint density at radius 1 is 1.67 bits per heavy atom. The molecule has 0 aliphatic carbocycles. The first kappa shape index (κ1) is 14.0. The molecular weight excluding hydrogens is 192 g/mol. The van der Waals surface area contributed by atoms with Gasteiger partial charge in [0.25, 0.3) is 0 Å². The summed E-state index contributed by atoms with van der Waals surface area (Å²) < 4.78 is 4.93. The molecule has 0 fully saturated rings. The highest BCUT2D eigenvalue weighted by Crippen LogP contribution is 2.04. The highest BCUT2D eigenvalue weighted by atomic mass is 16.5. The van der Waals surface area contributed by atoms with Crippen LogP contribution in [-0.4, -0.2) is 25.6 Å². The van der Waals surface area contributed by atoms with Crippen LogP contribution in [0.3, 0.4) is 0 Å². The predicted octanol–water partition coefficient (Wildman–Crippen LogP) is 1.03. The van der Waals surface area contributed by atoms with Crippen molar-refractivity contribution >= 4 is 5.91 Å². The monoisotopic (exact) mass is 214 g/mol. The van der Waals surface area contributed by atoms with Crippen LogP contribution in [0.4, 0.5) is 0 Å². The summed E-state index contributed by atoms with van der Waals surface area (Å²) in [7, 11) is 0. The molecule has 0 aromatic rings. The third kappa shape index (κ3) is 8.00. The molecule has 1 atom stereocenters. The summed E-state index contributed by atoms with van der Waals surface area (Å²) in [4.78, 5) is 11.4. The predicted molar refractivity (Wildman–Crippen MR) is 61.2 cm³/mol. The summed E-state index contributed by atoms with van der Waals surface area (Å²) in [6.07, 6.45) is 3.68. The second-order valence-electron chi connectivity index (χ2n) is 3.46. The zero-order valence-electron chi connectivity index (χ0n) is 9.50. The lowest BCUT2D eigenvalue weighted by molar-refractivity contribution is -0.122. The van der Waals surface area contributed by atoms with Crippen LogP contribution in [0.5, 0.6) is 0 Å². The van der Waals surface area contributed by atoms with Crippen LogP contribution in [0.1, 0.15) is 26.2 Å². The van der Waals surface area contributed by atoms with Crippen molar-refractivity contribution in [1.82, 2.24) is 5.32 Å². The molecule has 0 aliphatic rings. The molecule has 3 N–H and O–H groups in total. The van der Waals surface area contributed by atoms with Crippen molar-refractivity contribution in [2.45, 2.75) is 26.2 Å². The molecular formula is C11H22N2O2. The first-order valence-corrected chi connectivity index (χ1v) is 5.43. The number of nitrogens with one attached hydrogen (secondary N) is 1. The van der Waals surface area contributed by atoms with Crippen LogP contribution < -0.4 is 11.1 Å². The summed E-state index contributed by atoms with van der Waals surface area (Å²) in [5, 5.41) is 2.83. The number of rotatable bonds is 9. The van der Waals surface area contributed by atoms with Gasteiger partial charge < -0.3 is 15.8 Å². The first-order chi connectivity index (χ1) is 7.24. The number of carbonyl (C=O) groups is 1. The third-order valence-corrected chi connectivity index (χ3v) is 2.26. The van der Waals surface area contributed by atoms with E-state index in [0.29, 0.717) is 32.0 Å². The Bertz CT molecular complexity index is 179. The topological polar surface area (TPSA) is 64.3 Å². The normalized spacial score (nSPS) is 11.9. The second-order valence-corrected chi connectivity index (χ2v) is 3.46. The van der Waals surface area contributed by atoms with Gasteiger partial charge in [-0.25, -0.2) is 0 Å². The van der Waals surface area contributed by atoms with Crippen molar-refractivity contribution in [2.75, 3.05) is 19.7 Å². The van der Waals surface area contributed by atoms with Crippen LogP contribution in [-0.2, 0) is 9.53 Å². The Balaban J connectivity index is 3.43. The molecule has 0 saturated heterocycles. The van der Waals surface area contributed by atoms with Crippen LogP contribution in [0.2, 0.25) is 0 Å². The van der Waals surface area contributed by atoms with Gasteiger partial charge in [-0.1, -0.05) is 19.9 Å². The molecule has 0 aliphatic heterocycles. The maximum Gasteiger partial charge on any atom is 0.220 e. The van der Waals surface area contributed by atoms with Crippen molar-refractivity contribution in [1.29, 1.82) is 0 Å². The zero-order valence-corrected chi connectivity index (χ0v) is 9.50. The number of nitrogens with two attached hydrogens (primary N) is 1. The van der Waals surface area contributed by atoms with Crippen molar-refractivity contribution in [3.8, 4) is 0 Å². The Labute approximate surface area is 91.9 Å². The summed E-state index contributed by atoms with van der Waals surface area (Å²) >= 11 is 0. The van der Waals surface area contributed by atoms with Gasteiger partial charge in [0.1, 0.15) is 0 Å². The molecule has 88 valence electrons. The molecule has 0 aromatic heterocycles. The summed E-state index contributed by atoms with van der Waals surface area (Å²) in [6.45, 7) is 7.29. The van der Waals surface area contributed by atoms with Gasteiger partial charge in [0.2, 0.25) is 5.91 Å². The van der Waals surface area contributed by atoms with Gasteiger partial charge in [0.05, 0.1) is 12.9 Å². The van der Waals surface area contributed by atoms with E-state index in [2.05, 4.69) is 11.9 Å². The SMILES string of the molecule is C=COCCCNC(=O)CC(CC)CN. The lowest BCUT2D eigenvalue weighted by Crippen LogP contribution is -2.29. The fourth-order valence-electron chi connectivity index (χ4n) is 1.20. The highest BCUT2D eigenvalue weighted by molar-refractivity contribution is 5.76. The van der Waals surface area contributed by atoms with Crippen LogP contribution in [0, 0.1) is 5.92 Å². The van der Waals surface area contributed by atoms with E-state index in [4.69, 9.17) is 10.5 Å². The lowest BCUT2D eigenvalue weighted by atomic mass is 10.0. The van der Waals surface area contributed by atoms with E-state index in [-0.39, 0.29) is 5.91 Å². The Morgan fingerprint density at radius 3 is 2.93 bits per heavy atom. The minimum atomic E-state index is 0.0749. The van der Waals surface area contributed by atoms with E-state index < -0.39 is 0 Å². The minimum Gasteiger partial charge on any atom is -0.502 e. The molecule has 0 spiro atoms. The van der Waals surface area contributed by atoms with Crippen LogP contribution >= 0.6 is 0 Å². The van der Waals surface area contributed by atoms with E-state index in [1.54, 1.807) is 0 Å². The smallest absolute Gasteiger partial charge is 0.220 e. The fourth-order valence-corrected chi connectivity index (χ4v) is 1.20. The molecule has 0 aromatic carbocycles. The second kappa shape index (κ2) is 9.52. The molecule has 1 unspecified atom stereocenters. The molecule has 0 rings (SSSR count). The van der Waals surface area contributed by atoms with E-state index in [0.717, 1.165) is 12.8 Å². The summed E-state index contributed by atoms with van der Waals surface area (Å²) in [6, 6.07) is 0. The molecule has 4 nitrogen and oxygen atoms in total. The quantitative estimate of drug-likeness (QED) is 0.445. The van der Waals surface area contributed by atoms with Crippen molar-refractivity contribution in [2.24, 2.45) is 11.7 Å². The molecule has 0 bridgehead atoms. The number of ether oxygens (including phenoxy) is 1. The van der Waals surface area contributed by atoms with Gasteiger partial charge >= 0.3 is 0 Å². The molecule has 0 saturated carbocycles. The number of carbonyl (C=O) groups excluding carboxylic acids is 1. The molecule has 1 amide bonds.